The normalized spacial score (nSPS) is 16.0. The number of amides is 1. The van der Waals surface area contributed by atoms with Crippen molar-refractivity contribution in [1.29, 1.82) is 0 Å². The molecule has 1 heterocycles. The highest BCUT2D eigenvalue weighted by molar-refractivity contribution is 5.80. The van der Waals surface area contributed by atoms with Crippen LogP contribution >= 0.6 is 0 Å². The summed E-state index contributed by atoms with van der Waals surface area (Å²) in [4.78, 5) is 27.0. The zero-order chi connectivity index (χ0) is 19.2. The summed E-state index contributed by atoms with van der Waals surface area (Å²) in [6.45, 7) is 3.56. The van der Waals surface area contributed by atoms with Crippen LogP contribution in [-0.2, 0) is 14.3 Å². The van der Waals surface area contributed by atoms with Crippen molar-refractivity contribution in [3.8, 4) is 0 Å². The number of carbonyl (C=O) groups excluding carboxylic acids is 2. The van der Waals surface area contributed by atoms with Crippen molar-refractivity contribution in [3.63, 3.8) is 0 Å². The molecule has 27 heavy (non-hydrogen) atoms. The molecule has 3 rings (SSSR count). The lowest BCUT2D eigenvalue weighted by Crippen LogP contribution is -2.50. The Labute approximate surface area is 158 Å². The van der Waals surface area contributed by atoms with Crippen LogP contribution in [0.15, 0.2) is 54.6 Å². The summed E-state index contributed by atoms with van der Waals surface area (Å²) < 4.78 is 18.2. The van der Waals surface area contributed by atoms with E-state index in [-0.39, 0.29) is 24.4 Å². The lowest BCUT2D eigenvalue weighted by Gasteiger charge is -2.39. The molecule has 2 aromatic rings. The maximum absolute atomic E-state index is 13.4. The Morgan fingerprint density at radius 3 is 2.15 bits per heavy atom. The Kier molecular flexibility index (Phi) is 6.19. The van der Waals surface area contributed by atoms with Gasteiger partial charge >= 0.3 is 5.97 Å². The average Bonchev–Trinajstić information content (AvgIpc) is 2.69. The highest BCUT2D eigenvalue weighted by atomic mass is 19.1. The fraction of sp³-hybridized carbons (Fsp3) is 0.333. The van der Waals surface area contributed by atoms with E-state index in [2.05, 4.69) is 17.0 Å². The number of benzene rings is 2. The van der Waals surface area contributed by atoms with Crippen molar-refractivity contribution in [2.24, 2.45) is 0 Å². The molecule has 1 amide bonds. The van der Waals surface area contributed by atoms with Gasteiger partial charge in [-0.2, -0.15) is 0 Å². The van der Waals surface area contributed by atoms with Crippen LogP contribution in [0.25, 0.3) is 0 Å². The fourth-order valence-electron chi connectivity index (χ4n) is 3.38. The van der Waals surface area contributed by atoms with E-state index in [1.807, 2.05) is 30.3 Å². The quantitative estimate of drug-likeness (QED) is 0.760. The molecule has 1 atom stereocenters. The molecular weight excluding hydrogens is 347 g/mol. The van der Waals surface area contributed by atoms with E-state index in [0.717, 1.165) is 11.1 Å². The van der Waals surface area contributed by atoms with E-state index >= 15 is 0 Å². The van der Waals surface area contributed by atoms with Crippen molar-refractivity contribution in [1.82, 2.24) is 9.80 Å². The first-order valence-electron chi connectivity index (χ1n) is 9.00. The van der Waals surface area contributed by atoms with Gasteiger partial charge in [-0.15, -0.1) is 0 Å². The summed E-state index contributed by atoms with van der Waals surface area (Å²) in [6.07, 6.45) is 0. The molecule has 1 unspecified atom stereocenters. The average molecular weight is 370 g/mol. The summed E-state index contributed by atoms with van der Waals surface area (Å²) in [6, 6.07) is 16.6. The van der Waals surface area contributed by atoms with Gasteiger partial charge in [-0.05, 0) is 23.3 Å². The van der Waals surface area contributed by atoms with Gasteiger partial charge in [0.05, 0.1) is 6.04 Å². The summed E-state index contributed by atoms with van der Waals surface area (Å²) in [5.41, 5.74) is 2.14. The molecule has 0 spiro atoms. The Bertz CT molecular complexity index is 772. The molecule has 0 aromatic heterocycles. The van der Waals surface area contributed by atoms with Gasteiger partial charge in [0.2, 0.25) is 0 Å². The number of halogens is 1. The molecular formula is C21H23FN2O3. The molecule has 142 valence electrons. The van der Waals surface area contributed by atoms with Gasteiger partial charge in [0.15, 0.2) is 6.61 Å². The zero-order valence-electron chi connectivity index (χ0n) is 15.3. The van der Waals surface area contributed by atoms with Crippen molar-refractivity contribution in [2.45, 2.75) is 13.0 Å². The monoisotopic (exact) mass is 370 g/mol. The Morgan fingerprint density at radius 2 is 1.56 bits per heavy atom. The first-order chi connectivity index (χ1) is 13.0. The van der Waals surface area contributed by atoms with Crippen molar-refractivity contribution < 1.29 is 18.7 Å². The second kappa shape index (κ2) is 8.77. The SMILES string of the molecule is CC(=O)OCC(=O)N1CCN(C(c2ccccc2)c2ccc(F)cc2)CC1. The van der Waals surface area contributed by atoms with Gasteiger partial charge in [-0.3, -0.25) is 14.5 Å². The third kappa shape index (κ3) is 4.92. The van der Waals surface area contributed by atoms with Crippen molar-refractivity contribution in [2.75, 3.05) is 32.8 Å². The maximum Gasteiger partial charge on any atom is 0.303 e. The van der Waals surface area contributed by atoms with Crippen LogP contribution in [0.3, 0.4) is 0 Å². The van der Waals surface area contributed by atoms with E-state index in [4.69, 9.17) is 4.74 Å². The van der Waals surface area contributed by atoms with Crippen LogP contribution in [0.4, 0.5) is 4.39 Å². The highest BCUT2D eigenvalue weighted by Crippen LogP contribution is 2.29. The van der Waals surface area contributed by atoms with Gasteiger partial charge < -0.3 is 9.64 Å². The van der Waals surface area contributed by atoms with E-state index in [0.29, 0.717) is 26.2 Å². The van der Waals surface area contributed by atoms with Crippen molar-refractivity contribution >= 4 is 11.9 Å². The van der Waals surface area contributed by atoms with Gasteiger partial charge in [-0.25, -0.2) is 4.39 Å². The van der Waals surface area contributed by atoms with Crippen LogP contribution in [0.5, 0.6) is 0 Å². The van der Waals surface area contributed by atoms with Crippen LogP contribution in [0.1, 0.15) is 24.1 Å². The minimum atomic E-state index is -0.456. The highest BCUT2D eigenvalue weighted by Gasteiger charge is 2.28. The molecule has 1 fully saturated rings. The first-order valence-corrected chi connectivity index (χ1v) is 9.00. The second-order valence-corrected chi connectivity index (χ2v) is 6.56. The molecule has 0 radical (unpaired) electrons. The van der Waals surface area contributed by atoms with Gasteiger partial charge in [0, 0.05) is 33.1 Å². The minimum Gasteiger partial charge on any atom is -0.456 e. The number of rotatable bonds is 5. The molecule has 0 N–H and O–H groups in total. The predicted octanol–water partition coefficient (Wildman–Crippen LogP) is 2.62. The van der Waals surface area contributed by atoms with E-state index in [9.17, 15) is 14.0 Å². The third-order valence-corrected chi connectivity index (χ3v) is 4.73. The predicted molar refractivity (Wildman–Crippen MR) is 99.5 cm³/mol. The number of esters is 1. The van der Waals surface area contributed by atoms with Crippen LogP contribution < -0.4 is 0 Å². The van der Waals surface area contributed by atoms with Crippen LogP contribution in [0.2, 0.25) is 0 Å². The standard InChI is InChI=1S/C21H23FN2O3/c1-16(25)27-15-20(26)23-11-13-24(14-12-23)21(17-5-3-2-4-6-17)18-7-9-19(22)10-8-18/h2-10,21H,11-15H2,1H3. The number of hydrogen-bond donors (Lipinski definition) is 0. The zero-order valence-corrected chi connectivity index (χ0v) is 15.3. The molecule has 6 heteroatoms. The molecule has 0 saturated carbocycles. The minimum absolute atomic E-state index is 0.00229. The number of hydrogen-bond acceptors (Lipinski definition) is 4. The second-order valence-electron chi connectivity index (χ2n) is 6.56. The molecule has 1 saturated heterocycles. The lowest BCUT2D eigenvalue weighted by atomic mass is 9.96. The van der Waals surface area contributed by atoms with Gasteiger partial charge in [0.25, 0.3) is 5.91 Å². The third-order valence-electron chi connectivity index (χ3n) is 4.73. The molecule has 0 bridgehead atoms. The molecule has 2 aromatic carbocycles. The summed E-state index contributed by atoms with van der Waals surface area (Å²) in [5.74, 6) is -0.892. The largest absolute Gasteiger partial charge is 0.456 e. The van der Waals surface area contributed by atoms with E-state index in [1.54, 1.807) is 4.90 Å². The van der Waals surface area contributed by atoms with Crippen molar-refractivity contribution in [3.05, 3.63) is 71.5 Å². The molecule has 1 aliphatic rings. The van der Waals surface area contributed by atoms with Crippen LogP contribution in [0, 0.1) is 5.82 Å². The van der Waals surface area contributed by atoms with E-state index in [1.165, 1.54) is 19.1 Å². The summed E-state index contributed by atoms with van der Waals surface area (Å²) >= 11 is 0. The number of carbonyl (C=O) groups is 2. The molecule has 0 aliphatic carbocycles. The number of nitrogens with zero attached hydrogens (tertiary/aromatic N) is 2. The fourth-order valence-corrected chi connectivity index (χ4v) is 3.38. The lowest BCUT2D eigenvalue weighted by molar-refractivity contribution is -0.151. The van der Waals surface area contributed by atoms with Gasteiger partial charge in [0.1, 0.15) is 5.82 Å². The van der Waals surface area contributed by atoms with E-state index < -0.39 is 5.97 Å². The Morgan fingerprint density at radius 1 is 0.963 bits per heavy atom. The number of piperazine rings is 1. The maximum atomic E-state index is 13.4. The van der Waals surface area contributed by atoms with Gasteiger partial charge in [-0.1, -0.05) is 42.5 Å². The van der Waals surface area contributed by atoms with Crippen LogP contribution in [-0.4, -0.2) is 54.5 Å². The summed E-state index contributed by atoms with van der Waals surface area (Å²) in [7, 11) is 0. The molecule has 1 aliphatic heterocycles. The Hall–Kier alpha value is -2.73. The summed E-state index contributed by atoms with van der Waals surface area (Å²) in [5, 5.41) is 0. The molecule has 5 nitrogen and oxygen atoms in total. The topological polar surface area (TPSA) is 49.9 Å². The number of ether oxygens (including phenoxy) is 1. The Balaban J connectivity index is 1.72. The smallest absolute Gasteiger partial charge is 0.303 e. The first kappa shape index (κ1) is 19.0.